The number of nitrogens with zero attached hydrogens (tertiary/aromatic N) is 1. The van der Waals surface area contributed by atoms with Crippen LogP contribution in [0.1, 0.15) is 10.4 Å². The molecule has 0 heterocycles. The molecule has 1 rings (SSSR count). The van der Waals surface area contributed by atoms with Gasteiger partial charge >= 0.3 is 0 Å². The molecule has 0 fully saturated rings. The maximum absolute atomic E-state index is 12.3. The Morgan fingerprint density at radius 3 is 2.58 bits per heavy atom. The number of rotatable bonds is 6. The van der Waals surface area contributed by atoms with E-state index in [0.29, 0.717) is 17.9 Å². The maximum atomic E-state index is 12.3. The summed E-state index contributed by atoms with van der Waals surface area (Å²) in [6, 6.07) is 6.90. The van der Waals surface area contributed by atoms with Crippen LogP contribution in [0.2, 0.25) is 0 Å². The Morgan fingerprint density at radius 2 is 2.11 bits per heavy atom. The number of amides is 1. The van der Waals surface area contributed by atoms with Crippen LogP contribution in [0.4, 0.5) is 0 Å². The average molecular weight is 255 g/mol. The maximum Gasteiger partial charge on any atom is 0.254 e. The molecule has 0 saturated carbocycles. The zero-order valence-electron chi connectivity index (χ0n) is 11.1. The Hall–Kier alpha value is -2.47. The number of hydrogen-bond acceptors (Lipinski definition) is 2. The molecular weight excluding hydrogens is 238 g/mol. The predicted octanol–water partition coefficient (Wildman–Crippen LogP) is 2.51. The number of hydrogen-bond donors (Lipinski definition) is 0. The van der Waals surface area contributed by atoms with Crippen LogP contribution in [0.3, 0.4) is 0 Å². The van der Waals surface area contributed by atoms with Gasteiger partial charge in [0, 0.05) is 12.1 Å². The van der Waals surface area contributed by atoms with Gasteiger partial charge in [-0.05, 0) is 29.8 Å². The lowest BCUT2D eigenvalue weighted by Gasteiger charge is -2.20. The summed E-state index contributed by atoms with van der Waals surface area (Å²) in [7, 11) is 1.58. The van der Waals surface area contributed by atoms with E-state index >= 15 is 0 Å². The smallest absolute Gasteiger partial charge is 0.254 e. The largest absolute Gasteiger partial charge is 0.497 e. The zero-order valence-corrected chi connectivity index (χ0v) is 11.1. The van der Waals surface area contributed by atoms with Gasteiger partial charge in [0.15, 0.2) is 0 Å². The first-order valence-electron chi connectivity index (χ1n) is 5.79. The third-order valence-electron chi connectivity index (χ3n) is 2.59. The van der Waals surface area contributed by atoms with Crippen LogP contribution in [-0.4, -0.2) is 31.0 Å². The van der Waals surface area contributed by atoms with Crippen molar-refractivity contribution in [2.24, 2.45) is 0 Å². The van der Waals surface area contributed by atoms with Gasteiger partial charge in [-0.3, -0.25) is 4.79 Å². The minimum absolute atomic E-state index is 0.136. The number of terminal acetylenes is 1. The molecule has 1 amide bonds. The molecule has 3 nitrogen and oxygen atoms in total. The summed E-state index contributed by atoms with van der Waals surface area (Å²) in [5, 5.41) is 0. The molecule has 3 heteroatoms. The molecule has 0 spiro atoms. The van der Waals surface area contributed by atoms with Crippen LogP contribution in [0.25, 0.3) is 0 Å². The molecule has 0 aliphatic carbocycles. The third-order valence-corrected chi connectivity index (χ3v) is 2.59. The van der Waals surface area contributed by atoms with E-state index in [0.717, 1.165) is 5.57 Å². The quantitative estimate of drug-likeness (QED) is 0.577. The third kappa shape index (κ3) is 4.04. The van der Waals surface area contributed by atoms with Crippen LogP contribution < -0.4 is 4.74 Å². The minimum atomic E-state index is -0.136. The summed E-state index contributed by atoms with van der Waals surface area (Å²) < 4.78 is 5.05. The summed E-state index contributed by atoms with van der Waals surface area (Å²) >= 11 is 0. The molecule has 1 aromatic rings. The predicted molar refractivity (Wildman–Crippen MR) is 77.1 cm³/mol. The van der Waals surface area contributed by atoms with Crippen molar-refractivity contribution in [1.29, 1.82) is 0 Å². The molecule has 0 bridgehead atoms. The fraction of sp³-hybridized carbons (Fsp3) is 0.188. The van der Waals surface area contributed by atoms with Crippen LogP contribution in [0.15, 0.2) is 49.1 Å². The van der Waals surface area contributed by atoms with Crippen LogP contribution in [0, 0.1) is 12.3 Å². The Morgan fingerprint density at radius 1 is 1.47 bits per heavy atom. The number of methoxy groups -OCH3 is 1. The molecule has 0 aromatic heterocycles. The van der Waals surface area contributed by atoms with Crippen molar-refractivity contribution in [3.63, 3.8) is 0 Å². The van der Waals surface area contributed by atoms with Crippen molar-refractivity contribution in [3.8, 4) is 18.1 Å². The average Bonchev–Trinajstić information content (AvgIpc) is 2.46. The first-order chi connectivity index (χ1) is 9.12. The number of carbonyl (C=O) groups is 1. The van der Waals surface area contributed by atoms with Gasteiger partial charge in [0.05, 0.1) is 13.7 Å². The fourth-order valence-electron chi connectivity index (χ4n) is 1.54. The molecule has 0 unspecified atom stereocenters. The Kier molecular flexibility index (Phi) is 5.43. The highest BCUT2D eigenvalue weighted by Crippen LogP contribution is 2.13. The molecule has 0 saturated heterocycles. The van der Waals surface area contributed by atoms with E-state index in [1.54, 1.807) is 42.4 Å². The molecule has 0 aliphatic rings. The van der Waals surface area contributed by atoms with Crippen molar-refractivity contribution in [2.75, 3.05) is 20.2 Å². The SMILES string of the molecule is C#CCN(CC(=C)C=C)C(=O)c1ccc(OC)cc1. The topological polar surface area (TPSA) is 29.5 Å². The minimum Gasteiger partial charge on any atom is -0.497 e. The second-order valence-corrected chi connectivity index (χ2v) is 3.96. The summed E-state index contributed by atoms with van der Waals surface area (Å²) in [5.41, 5.74) is 1.31. The second kappa shape index (κ2) is 7.07. The van der Waals surface area contributed by atoms with Gasteiger partial charge in [0.2, 0.25) is 0 Å². The first kappa shape index (κ1) is 14.6. The zero-order chi connectivity index (χ0) is 14.3. The second-order valence-electron chi connectivity index (χ2n) is 3.96. The van der Waals surface area contributed by atoms with Crippen molar-refractivity contribution in [2.45, 2.75) is 0 Å². The number of carbonyl (C=O) groups excluding carboxylic acids is 1. The van der Waals surface area contributed by atoms with E-state index in [-0.39, 0.29) is 12.5 Å². The fourth-order valence-corrected chi connectivity index (χ4v) is 1.54. The Balaban J connectivity index is 2.88. The highest BCUT2D eigenvalue weighted by atomic mass is 16.5. The highest BCUT2D eigenvalue weighted by Gasteiger charge is 2.15. The van der Waals surface area contributed by atoms with Gasteiger partial charge in [-0.1, -0.05) is 25.2 Å². The van der Waals surface area contributed by atoms with Gasteiger partial charge < -0.3 is 9.64 Å². The highest BCUT2D eigenvalue weighted by molar-refractivity contribution is 5.94. The van der Waals surface area contributed by atoms with E-state index in [4.69, 9.17) is 11.2 Å². The number of benzene rings is 1. The molecule has 19 heavy (non-hydrogen) atoms. The Labute approximate surface area is 114 Å². The molecule has 98 valence electrons. The van der Waals surface area contributed by atoms with E-state index in [9.17, 15) is 4.79 Å². The van der Waals surface area contributed by atoms with E-state index in [1.165, 1.54) is 0 Å². The van der Waals surface area contributed by atoms with Gasteiger partial charge in [-0.2, -0.15) is 0 Å². The Bertz CT molecular complexity index is 509. The van der Waals surface area contributed by atoms with E-state index in [2.05, 4.69) is 19.1 Å². The van der Waals surface area contributed by atoms with Crippen LogP contribution in [-0.2, 0) is 0 Å². The van der Waals surface area contributed by atoms with Crippen molar-refractivity contribution >= 4 is 5.91 Å². The monoisotopic (exact) mass is 255 g/mol. The van der Waals surface area contributed by atoms with E-state index in [1.807, 2.05) is 0 Å². The van der Waals surface area contributed by atoms with Gasteiger partial charge in [0.25, 0.3) is 5.91 Å². The van der Waals surface area contributed by atoms with E-state index < -0.39 is 0 Å². The number of ether oxygens (including phenoxy) is 1. The lowest BCUT2D eigenvalue weighted by molar-refractivity contribution is 0.0791. The van der Waals surface area contributed by atoms with Crippen molar-refractivity contribution < 1.29 is 9.53 Å². The standard InChI is InChI=1S/C16H17NO2/c1-5-11-17(12-13(3)6-2)16(18)14-7-9-15(19-4)10-8-14/h1,6-10H,2-3,11-12H2,4H3. The summed E-state index contributed by atoms with van der Waals surface area (Å²) in [6.45, 7) is 8.03. The lowest BCUT2D eigenvalue weighted by atomic mass is 10.1. The van der Waals surface area contributed by atoms with Crippen LogP contribution >= 0.6 is 0 Å². The first-order valence-corrected chi connectivity index (χ1v) is 5.79. The molecule has 1 aromatic carbocycles. The summed E-state index contributed by atoms with van der Waals surface area (Å²) in [4.78, 5) is 13.8. The van der Waals surface area contributed by atoms with Gasteiger partial charge in [0.1, 0.15) is 5.75 Å². The molecule has 0 N–H and O–H groups in total. The van der Waals surface area contributed by atoms with Crippen molar-refractivity contribution in [3.05, 3.63) is 54.6 Å². The summed E-state index contributed by atoms with van der Waals surface area (Å²) in [6.07, 6.45) is 6.90. The molecule has 0 atom stereocenters. The lowest BCUT2D eigenvalue weighted by Crippen LogP contribution is -2.32. The van der Waals surface area contributed by atoms with Gasteiger partial charge in [-0.25, -0.2) is 0 Å². The molecule has 0 radical (unpaired) electrons. The van der Waals surface area contributed by atoms with Crippen molar-refractivity contribution in [1.82, 2.24) is 4.90 Å². The normalized spacial score (nSPS) is 9.26. The van der Waals surface area contributed by atoms with Crippen LogP contribution in [0.5, 0.6) is 5.75 Å². The molecule has 0 aliphatic heterocycles. The van der Waals surface area contributed by atoms with Gasteiger partial charge in [-0.15, -0.1) is 6.42 Å². The molecular formula is C16H17NO2. The summed E-state index contributed by atoms with van der Waals surface area (Å²) in [5.74, 6) is 3.04.